The summed E-state index contributed by atoms with van der Waals surface area (Å²) < 4.78 is 0.943. The van der Waals surface area contributed by atoms with Crippen LogP contribution in [0.15, 0.2) is 40.9 Å². The molecule has 4 unspecified atom stereocenters. The minimum Gasteiger partial charge on any atom is -0.278 e. The Morgan fingerprint density at radius 3 is 2.25 bits per heavy atom. The second kappa shape index (κ2) is 4.29. The Labute approximate surface area is 125 Å². The first-order valence-corrected chi connectivity index (χ1v) is 7.73. The first kappa shape index (κ1) is 12.3. The first-order valence-electron chi connectivity index (χ1n) is 6.94. The second-order valence-electron chi connectivity index (χ2n) is 5.85. The number of carbonyl (C=O) groups is 2. The van der Waals surface area contributed by atoms with Gasteiger partial charge in [-0.15, -0.1) is 0 Å². The first-order chi connectivity index (χ1) is 9.66. The van der Waals surface area contributed by atoms with Crippen LogP contribution in [0.4, 0.5) is 0 Å². The van der Waals surface area contributed by atoms with Crippen molar-refractivity contribution in [3.05, 3.63) is 46.5 Å². The summed E-state index contributed by atoms with van der Waals surface area (Å²) in [6.07, 6.45) is 5.23. The van der Waals surface area contributed by atoms with Gasteiger partial charge in [0, 0.05) is 4.47 Å². The normalized spacial score (nSPS) is 34.1. The molecule has 2 aliphatic carbocycles. The molecule has 0 N–H and O–H groups in total. The molecule has 3 aliphatic rings. The Morgan fingerprint density at radius 2 is 1.65 bits per heavy atom. The van der Waals surface area contributed by atoms with Crippen LogP contribution < -0.4 is 0 Å². The molecular formula is C16H14BrNO2. The lowest BCUT2D eigenvalue weighted by Crippen LogP contribution is -2.32. The molecule has 4 heteroatoms. The average molecular weight is 332 g/mol. The number of hydrogen-bond acceptors (Lipinski definition) is 2. The predicted molar refractivity (Wildman–Crippen MR) is 77.4 cm³/mol. The van der Waals surface area contributed by atoms with Gasteiger partial charge in [-0.25, -0.2) is 0 Å². The summed E-state index contributed by atoms with van der Waals surface area (Å²) in [6.45, 7) is 0.380. The molecular weight excluding hydrogens is 318 g/mol. The number of allylic oxidation sites excluding steroid dienone is 2. The molecule has 2 bridgehead atoms. The molecule has 4 rings (SSSR count). The Hall–Kier alpha value is -1.42. The highest BCUT2D eigenvalue weighted by atomic mass is 79.9. The summed E-state index contributed by atoms with van der Waals surface area (Å²) in [4.78, 5) is 26.6. The quantitative estimate of drug-likeness (QED) is 0.617. The lowest BCUT2D eigenvalue weighted by atomic mass is 9.85. The fourth-order valence-electron chi connectivity index (χ4n) is 3.92. The number of halogens is 1. The standard InChI is InChI=1S/C16H14BrNO2/c17-12-4-2-1-3-11(12)8-18-15(19)13-9-5-6-10(7-9)14(13)16(18)20/h1-6,9-10,13-14H,7-8H2. The number of hydrogen-bond donors (Lipinski definition) is 0. The van der Waals surface area contributed by atoms with E-state index >= 15 is 0 Å². The molecule has 1 aliphatic heterocycles. The van der Waals surface area contributed by atoms with Gasteiger partial charge in [0.05, 0.1) is 18.4 Å². The molecule has 20 heavy (non-hydrogen) atoms. The van der Waals surface area contributed by atoms with E-state index in [-0.39, 0.29) is 35.5 Å². The Morgan fingerprint density at radius 1 is 1.05 bits per heavy atom. The van der Waals surface area contributed by atoms with Gasteiger partial charge in [-0.05, 0) is 29.9 Å². The van der Waals surface area contributed by atoms with Crippen molar-refractivity contribution >= 4 is 27.7 Å². The van der Waals surface area contributed by atoms with E-state index in [2.05, 4.69) is 28.1 Å². The van der Waals surface area contributed by atoms with Crippen molar-refractivity contribution in [2.45, 2.75) is 13.0 Å². The zero-order valence-corrected chi connectivity index (χ0v) is 12.4. The number of amides is 2. The number of rotatable bonds is 2. The monoisotopic (exact) mass is 331 g/mol. The van der Waals surface area contributed by atoms with Gasteiger partial charge in [0.25, 0.3) is 0 Å². The molecule has 1 aromatic carbocycles. The van der Waals surface area contributed by atoms with Crippen molar-refractivity contribution in [1.29, 1.82) is 0 Å². The van der Waals surface area contributed by atoms with Gasteiger partial charge in [-0.3, -0.25) is 14.5 Å². The molecule has 3 nitrogen and oxygen atoms in total. The molecule has 0 radical (unpaired) electrons. The summed E-state index contributed by atoms with van der Waals surface area (Å²) in [7, 11) is 0. The van der Waals surface area contributed by atoms with Crippen LogP contribution in [0, 0.1) is 23.7 Å². The van der Waals surface area contributed by atoms with E-state index in [1.807, 2.05) is 24.3 Å². The summed E-state index contributed by atoms with van der Waals surface area (Å²) >= 11 is 3.48. The van der Waals surface area contributed by atoms with Crippen molar-refractivity contribution in [2.24, 2.45) is 23.7 Å². The van der Waals surface area contributed by atoms with Gasteiger partial charge >= 0.3 is 0 Å². The van der Waals surface area contributed by atoms with Crippen LogP contribution in [-0.2, 0) is 16.1 Å². The zero-order valence-electron chi connectivity index (χ0n) is 10.8. The van der Waals surface area contributed by atoms with Crippen LogP contribution in [-0.4, -0.2) is 16.7 Å². The molecule has 0 spiro atoms. The second-order valence-corrected chi connectivity index (χ2v) is 6.71. The molecule has 2 fully saturated rings. The SMILES string of the molecule is O=C1C2C3C=CC(C3)C2C(=O)N1Cc1ccccc1Br. The molecule has 4 atom stereocenters. The summed E-state index contributed by atoms with van der Waals surface area (Å²) in [6, 6.07) is 7.75. The molecule has 1 aromatic rings. The molecule has 1 heterocycles. The largest absolute Gasteiger partial charge is 0.278 e. The minimum absolute atomic E-state index is 0.0209. The third kappa shape index (κ3) is 1.57. The lowest BCUT2D eigenvalue weighted by molar-refractivity contribution is -0.141. The predicted octanol–water partition coefficient (Wildman–Crippen LogP) is 2.76. The Bertz CT molecular complexity index is 609. The van der Waals surface area contributed by atoms with E-state index in [1.54, 1.807) is 0 Å². The smallest absolute Gasteiger partial charge is 0.234 e. The third-order valence-corrected chi connectivity index (χ3v) is 5.62. The van der Waals surface area contributed by atoms with Gasteiger partial charge in [-0.2, -0.15) is 0 Å². The van der Waals surface area contributed by atoms with E-state index < -0.39 is 0 Å². The van der Waals surface area contributed by atoms with E-state index in [0.29, 0.717) is 6.54 Å². The van der Waals surface area contributed by atoms with E-state index in [1.165, 1.54) is 4.90 Å². The summed E-state index contributed by atoms with van der Waals surface area (Å²) in [5.74, 6) is 0.413. The van der Waals surface area contributed by atoms with Crippen molar-refractivity contribution in [2.75, 3.05) is 0 Å². The highest BCUT2D eigenvalue weighted by Gasteiger charge is 2.59. The van der Waals surface area contributed by atoms with Crippen LogP contribution in [0.25, 0.3) is 0 Å². The molecule has 1 saturated heterocycles. The molecule has 2 amide bonds. The maximum absolute atomic E-state index is 12.6. The fourth-order valence-corrected chi connectivity index (χ4v) is 4.33. The van der Waals surface area contributed by atoms with Crippen molar-refractivity contribution in [3.8, 4) is 0 Å². The number of carbonyl (C=O) groups excluding carboxylic acids is 2. The van der Waals surface area contributed by atoms with E-state index in [9.17, 15) is 9.59 Å². The van der Waals surface area contributed by atoms with E-state index in [0.717, 1.165) is 16.5 Å². The number of nitrogens with zero attached hydrogens (tertiary/aromatic N) is 1. The van der Waals surface area contributed by atoms with E-state index in [4.69, 9.17) is 0 Å². The highest BCUT2D eigenvalue weighted by Crippen LogP contribution is 2.52. The highest BCUT2D eigenvalue weighted by molar-refractivity contribution is 9.10. The maximum atomic E-state index is 12.6. The van der Waals surface area contributed by atoms with Crippen molar-refractivity contribution in [1.82, 2.24) is 4.90 Å². The number of benzene rings is 1. The summed E-state index contributed by atoms with van der Waals surface area (Å²) in [5.41, 5.74) is 0.981. The number of fused-ring (bicyclic) bond motifs is 5. The molecule has 1 saturated carbocycles. The van der Waals surface area contributed by atoms with Gasteiger partial charge in [-0.1, -0.05) is 46.3 Å². The maximum Gasteiger partial charge on any atom is 0.234 e. The van der Waals surface area contributed by atoms with Gasteiger partial charge in [0.15, 0.2) is 0 Å². The summed E-state index contributed by atoms with van der Waals surface area (Å²) in [5, 5.41) is 0. The van der Waals surface area contributed by atoms with Gasteiger partial charge in [0.1, 0.15) is 0 Å². The van der Waals surface area contributed by atoms with Crippen molar-refractivity contribution < 1.29 is 9.59 Å². The van der Waals surface area contributed by atoms with Crippen LogP contribution in [0.1, 0.15) is 12.0 Å². The van der Waals surface area contributed by atoms with Crippen molar-refractivity contribution in [3.63, 3.8) is 0 Å². The molecule has 102 valence electrons. The molecule has 0 aromatic heterocycles. The average Bonchev–Trinajstić information content (AvgIpc) is 3.10. The Kier molecular flexibility index (Phi) is 2.64. The third-order valence-electron chi connectivity index (χ3n) is 4.85. The van der Waals surface area contributed by atoms with Gasteiger partial charge in [0.2, 0.25) is 11.8 Å². The minimum atomic E-state index is -0.0972. The van der Waals surface area contributed by atoms with Crippen LogP contribution in [0.5, 0.6) is 0 Å². The van der Waals surface area contributed by atoms with Gasteiger partial charge < -0.3 is 0 Å². The number of likely N-dealkylation sites (tertiary alicyclic amines) is 1. The van der Waals surface area contributed by atoms with Crippen LogP contribution in [0.3, 0.4) is 0 Å². The van der Waals surface area contributed by atoms with Crippen LogP contribution >= 0.6 is 15.9 Å². The Balaban J connectivity index is 1.64. The lowest BCUT2D eigenvalue weighted by Gasteiger charge is -2.18. The number of imide groups is 1. The topological polar surface area (TPSA) is 37.4 Å². The van der Waals surface area contributed by atoms with Crippen LogP contribution in [0.2, 0.25) is 0 Å². The fraction of sp³-hybridized carbons (Fsp3) is 0.375. The zero-order chi connectivity index (χ0) is 13.9.